The van der Waals surface area contributed by atoms with Crippen molar-refractivity contribution in [2.24, 2.45) is 0 Å². The predicted octanol–water partition coefficient (Wildman–Crippen LogP) is 1.95. The minimum Gasteiger partial charge on any atom is -0.508 e. The minimum absolute atomic E-state index is 0.0199. The van der Waals surface area contributed by atoms with E-state index in [9.17, 15) is 13.5 Å². The van der Waals surface area contributed by atoms with Gasteiger partial charge in [-0.2, -0.15) is 17.4 Å². The standard InChI is InChI=1S/C20H33N3O4S/c1-14-11-19(22-28(25,26)23(2)3)20(21-14)13-27-18-9-7-15(8-10-18)16-5-4-6-17(24)12-16/h4-6,12,14-15,18-22,24H,7-11,13H2,1-3H3/t14-,15?,18?,19+,20?/m1/s1. The van der Waals surface area contributed by atoms with Crippen molar-refractivity contribution < 1.29 is 18.3 Å². The van der Waals surface area contributed by atoms with Gasteiger partial charge in [0.15, 0.2) is 0 Å². The molecule has 28 heavy (non-hydrogen) atoms. The summed E-state index contributed by atoms with van der Waals surface area (Å²) >= 11 is 0. The smallest absolute Gasteiger partial charge is 0.279 e. The van der Waals surface area contributed by atoms with Crippen LogP contribution in [-0.2, 0) is 14.9 Å². The first-order valence-corrected chi connectivity index (χ1v) is 11.5. The molecule has 0 amide bonds. The number of hydrogen-bond donors (Lipinski definition) is 3. The second-order valence-electron chi connectivity index (χ2n) is 8.32. The van der Waals surface area contributed by atoms with Crippen LogP contribution < -0.4 is 10.0 Å². The number of phenolic OH excluding ortho intramolecular Hbond substituents is 1. The summed E-state index contributed by atoms with van der Waals surface area (Å²) in [6.45, 7) is 2.57. The van der Waals surface area contributed by atoms with Crippen molar-refractivity contribution >= 4 is 10.2 Å². The Morgan fingerprint density at radius 3 is 2.61 bits per heavy atom. The molecule has 1 aliphatic carbocycles. The molecule has 2 aliphatic rings. The molecule has 3 rings (SSSR count). The maximum absolute atomic E-state index is 12.2. The van der Waals surface area contributed by atoms with Gasteiger partial charge in [-0.3, -0.25) is 0 Å². The number of hydrogen-bond acceptors (Lipinski definition) is 5. The number of benzene rings is 1. The number of aromatic hydroxyl groups is 1. The summed E-state index contributed by atoms with van der Waals surface area (Å²) in [6.07, 6.45) is 5.01. The molecule has 0 spiro atoms. The minimum atomic E-state index is -3.46. The molecule has 2 fully saturated rings. The first kappa shape index (κ1) is 21.5. The van der Waals surface area contributed by atoms with E-state index in [1.54, 1.807) is 6.07 Å². The van der Waals surface area contributed by atoms with Gasteiger partial charge in [-0.25, -0.2) is 0 Å². The van der Waals surface area contributed by atoms with Gasteiger partial charge in [-0.15, -0.1) is 0 Å². The van der Waals surface area contributed by atoms with Crippen molar-refractivity contribution in [3.8, 4) is 5.75 Å². The topological polar surface area (TPSA) is 90.9 Å². The van der Waals surface area contributed by atoms with Crippen LogP contribution in [0.15, 0.2) is 24.3 Å². The molecule has 0 aromatic heterocycles. The Hall–Kier alpha value is -1.19. The molecule has 3 atom stereocenters. The third kappa shape index (κ3) is 5.45. The highest BCUT2D eigenvalue weighted by molar-refractivity contribution is 7.87. The average Bonchev–Trinajstić information content (AvgIpc) is 2.99. The van der Waals surface area contributed by atoms with Crippen molar-refractivity contribution in [1.82, 2.24) is 14.3 Å². The zero-order valence-corrected chi connectivity index (χ0v) is 17.8. The van der Waals surface area contributed by atoms with E-state index in [-0.39, 0.29) is 24.2 Å². The predicted molar refractivity (Wildman–Crippen MR) is 110 cm³/mol. The van der Waals surface area contributed by atoms with Gasteiger partial charge in [0.05, 0.1) is 12.7 Å². The van der Waals surface area contributed by atoms with E-state index in [0.29, 0.717) is 18.3 Å². The molecule has 1 saturated heterocycles. The van der Waals surface area contributed by atoms with E-state index in [2.05, 4.69) is 23.0 Å². The zero-order chi connectivity index (χ0) is 20.3. The van der Waals surface area contributed by atoms with Crippen LogP contribution in [0.2, 0.25) is 0 Å². The Kier molecular flexibility index (Phi) is 6.98. The van der Waals surface area contributed by atoms with Crippen molar-refractivity contribution in [1.29, 1.82) is 0 Å². The largest absolute Gasteiger partial charge is 0.508 e. The Balaban J connectivity index is 1.49. The Labute approximate surface area is 168 Å². The summed E-state index contributed by atoms with van der Waals surface area (Å²) in [5.74, 6) is 0.791. The van der Waals surface area contributed by atoms with Crippen LogP contribution in [0.4, 0.5) is 0 Å². The van der Waals surface area contributed by atoms with Crippen LogP contribution >= 0.6 is 0 Å². The zero-order valence-electron chi connectivity index (χ0n) is 17.0. The van der Waals surface area contributed by atoms with E-state index in [0.717, 1.165) is 32.1 Å². The van der Waals surface area contributed by atoms with E-state index < -0.39 is 10.2 Å². The van der Waals surface area contributed by atoms with E-state index in [1.165, 1.54) is 24.0 Å². The van der Waals surface area contributed by atoms with Crippen molar-refractivity contribution in [3.63, 3.8) is 0 Å². The monoisotopic (exact) mass is 411 g/mol. The Morgan fingerprint density at radius 1 is 1.25 bits per heavy atom. The lowest BCUT2D eigenvalue weighted by Crippen LogP contribution is -2.49. The molecular weight excluding hydrogens is 378 g/mol. The fourth-order valence-corrected chi connectivity index (χ4v) is 5.12. The third-order valence-corrected chi connectivity index (χ3v) is 7.46. The molecule has 0 radical (unpaired) electrons. The third-order valence-electron chi connectivity index (χ3n) is 5.90. The van der Waals surface area contributed by atoms with Crippen LogP contribution in [0.25, 0.3) is 0 Å². The quantitative estimate of drug-likeness (QED) is 0.638. The van der Waals surface area contributed by atoms with Crippen LogP contribution in [0.5, 0.6) is 5.75 Å². The Bertz CT molecular complexity index is 748. The maximum Gasteiger partial charge on any atom is 0.279 e. The van der Waals surface area contributed by atoms with Crippen molar-refractivity contribution in [2.45, 2.75) is 69.2 Å². The molecule has 1 unspecified atom stereocenters. The average molecular weight is 412 g/mol. The maximum atomic E-state index is 12.2. The molecule has 1 saturated carbocycles. The van der Waals surface area contributed by atoms with Crippen molar-refractivity contribution in [3.05, 3.63) is 29.8 Å². The highest BCUT2D eigenvalue weighted by atomic mass is 32.2. The van der Waals surface area contributed by atoms with Gasteiger partial charge in [0.1, 0.15) is 5.75 Å². The molecule has 158 valence electrons. The highest BCUT2D eigenvalue weighted by Crippen LogP contribution is 2.35. The van der Waals surface area contributed by atoms with Gasteiger partial charge >= 0.3 is 0 Å². The molecule has 7 nitrogen and oxygen atoms in total. The molecule has 8 heteroatoms. The Morgan fingerprint density at radius 2 is 1.96 bits per heavy atom. The van der Waals surface area contributed by atoms with Gasteiger partial charge in [-0.05, 0) is 62.6 Å². The van der Waals surface area contributed by atoms with Crippen LogP contribution in [-0.4, -0.2) is 62.8 Å². The van der Waals surface area contributed by atoms with Gasteiger partial charge < -0.3 is 15.2 Å². The van der Waals surface area contributed by atoms with E-state index >= 15 is 0 Å². The number of rotatable bonds is 7. The first-order chi connectivity index (χ1) is 13.2. The lowest BCUT2D eigenvalue weighted by Gasteiger charge is -2.30. The molecule has 0 bridgehead atoms. The van der Waals surface area contributed by atoms with Gasteiger partial charge in [-0.1, -0.05) is 12.1 Å². The highest BCUT2D eigenvalue weighted by Gasteiger charge is 2.35. The van der Waals surface area contributed by atoms with Gasteiger partial charge in [0, 0.05) is 32.2 Å². The van der Waals surface area contributed by atoms with Crippen LogP contribution in [0.3, 0.4) is 0 Å². The second-order valence-corrected chi connectivity index (χ2v) is 10.2. The summed E-state index contributed by atoms with van der Waals surface area (Å²) in [4.78, 5) is 0. The summed E-state index contributed by atoms with van der Waals surface area (Å²) in [5, 5.41) is 13.1. The molecule has 1 aromatic carbocycles. The lowest BCUT2D eigenvalue weighted by molar-refractivity contribution is 0.0122. The van der Waals surface area contributed by atoms with E-state index in [4.69, 9.17) is 4.74 Å². The molecule has 1 aromatic rings. The fraction of sp³-hybridized carbons (Fsp3) is 0.700. The van der Waals surface area contributed by atoms with Gasteiger partial charge in [0.25, 0.3) is 10.2 Å². The van der Waals surface area contributed by atoms with Crippen LogP contribution in [0.1, 0.15) is 50.5 Å². The molecule has 3 N–H and O–H groups in total. The fourth-order valence-electron chi connectivity index (χ4n) is 4.27. The summed E-state index contributed by atoms with van der Waals surface area (Å²) < 4.78 is 34.5. The molecule has 1 heterocycles. The normalized spacial score (nSPS) is 31.4. The first-order valence-electron chi connectivity index (χ1n) is 10.1. The van der Waals surface area contributed by atoms with Gasteiger partial charge in [0.2, 0.25) is 0 Å². The lowest BCUT2D eigenvalue weighted by atomic mass is 9.82. The second kappa shape index (κ2) is 9.09. The molecular formula is C20H33N3O4S. The molecule has 1 aliphatic heterocycles. The summed E-state index contributed by atoms with van der Waals surface area (Å²) in [7, 11) is -0.391. The summed E-state index contributed by atoms with van der Waals surface area (Å²) in [6, 6.07) is 7.61. The van der Waals surface area contributed by atoms with E-state index in [1.807, 2.05) is 12.1 Å². The SMILES string of the molecule is C[C@@H]1C[C@H](NS(=O)(=O)N(C)C)C(COC2CCC(c3cccc(O)c3)CC2)N1. The summed E-state index contributed by atoms with van der Waals surface area (Å²) in [5.41, 5.74) is 1.20. The number of nitrogens with one attached hydrogen (secondary N) is 2. The number of nitrogens with zero attached hydrogens (tertiary/aromatic N) is 1. The number of ether oxygens (including phenoxy) is 1. The number of phenols is 1. The van der Waals surface area contributed by atoms with Crippen LogP contribution in [0, 0.1) is 0 Å². The van der Waals surface area contributed by atoms with Crippen molar-refractivity contribution in [2.75, 3.05) is 20.7 Å².